The number of pyridine rings is 3. The molecule has 6 heterocycles. The highest BCUT2D eigenvalue weighted by Gasteiger charge is 2.45. The summed E-state index contributed by atoms with van der Waals surface area (Å²) in [6.07, 6.45) is -4.54. The highest BCUT2D eigenvalue weighted by molar-refractivity contribution is 6.39. The standard InChI is InChI=1S/C45H39BF9N9O9/c1-65-22-4-7-28(56-13-22)25-10-19(25)16-68-43-31(37(53)59-40(62-43)34(47)48)71-46(72-32-38(54)60-41(35(49)50)63-44(32)69-17-20-11-26(20)29-8-5-23(66-2)14-57-29)73-33-39(55)61-42(36(51)52)64-45(33)70-18-21-12-27(21)30-9-6-24(67-3)15-58-30/h4-9,13-15,19-21,25-27,34-36H,10-12,16-18H2,1-3H3/t19-,20-,21-,25+,26+,27+/m1/s1. The second-order valence-corrected chi connectivity index (χ2v) is 16.7. The number of methoxy groups -OCH3 is 3. The van der Waals surface area contributed by atoms with E-state index in [1.165, 1.54) is 39.9 Å². The van der Waals surface area contributed by atoms with Crippen LogP contribution in [0.5, 0.6) is 52.1 Å². The molecule has 0 radical (unpaired) electrons. The summed E-state index contributed by atoms with van der Waals surface area (Å²) >= 11 is 0. The lowest BCUT2D eigenvalue weighted by atomic mass is 10.2. The molecule has 3 saturated carbocycles. The van der Waals surface area contributed by atoms with Crippen LogP contribution in [0.3, 0.4) is 0 Å². The molecule has 3 aliphatic rings. The van der Waals surface area contributed by atoms with Gasteiger partial charge in [-0.1, -0.05) is 0 Å². The second-order valence-electron chi connectivity index (χ2n) is 16.7. The molecule has 0 saturated heterocycles. The van der Waals surface area contributed by atoms with Crippen molar-refractivity contribution in [1.29, 1.82) is 0 Å². The van der Waals surface area contributed by atoms with Crippen LogP contribution in [0.15, 0.2) is 55.0 Å². The highest BCUT2D eigenvalue weighted by Crippen LogP contribution is 2.50. The van der Waals surface area contributed by atoms with E-state index in [4.69, 9.17) is 42.4 Å². The van der Waals surface area contributed by atoms with Crippen molar-refractivity contribution in [2.24, 2.45) is 17.8 Å². The van der Waals surface area contributed by atoms with Crippen molar-refractivity contribution in [1.82, 2.24) is 44.9 Å². The van der Waals surface area contributed by atoms with Gasteiger partial charge in [-0.05, 0) is 55.7 Å². The van der Waals surface area contributed by atoms with E-state index in [0.29, 0.717) is 53.6 Å². The maximum atomic E-state index is 16.1. The first-order valence-corrected chi connectivity index (χ1v) is 22.1. The van der Waals surface area contributed by atoms with Crippen LogP contribution >= 0.6 is 0 Å². The van der Waals surface area contributed by atoms with Crippen molar-refractivity contribution in [2.75, 3.05) is 41.2 Å². The van der Waals surface area contributed by atoms with Gasteiger partial charge in [-0.2, -0.15) is 43.1 Å². The molecule has 73 heavy (non-hydrogen) atoms. The Labute approximate surface area is 408 Å². The van der Waals surface area contributed by atoms with Crippen LogP contribution in [-0.2, 0) is 0 Å². The predicted molar refractivity (Wildman–Crippen MR) is 230 cm³/mol. The number of nitrogens with zero attached hydrogens (tertiary/aromatic N) is 9. The van der Waals surface area contributed by atoms with E-state index in [1.54, 1.807) is 36.4 Å². The average Bonchev–Trinajstić information content (AvgIpc) is 4.30. The van der Waals surface area contributed by atoms with Crippen LogP contribution in [-0.4, -0.2) is 93.3 Å². The van der Waals surface area contributed by atoms with E-state index in [2.05, 4.69) is 44.9 Å². The molecule has 6 aromatic rings. The maximum absolute atomic E-state index is 16.1. The molecule has 0 unspecified atom stereocenters. The van der Waals surface area contributed by atoms with Crippen molar-refractivity contribution in [3.8, 4) is 52.1 Å². The number of hydrogen-bond donors (Lipinski definition) is 0. The van der Waals surface area contributed by atoms with Gasteiger partial charge >= 0.3 is 7.32 Å². The van der Waals surface area contributed by atoms with Crippen LogP contribution in [0.4, 0.5) is 39.5 Å². The summed E-state index contributed by atoms with van der Waals surface area (Å²) < 4.78 is 182. The van der Waals surface area contributed by atoms with Gasteiger partial charge in [0.2, 0.25) is 34.7 Å². The first kappa shape index (κ1) is 50.3. The van der Waals surface area contributed by atoms with Gasteiger partial charge in [-0.15, -0.1) is 0 Å². The summed E-state index contributed by atoms with van der Waals surface area (Å²) in [6, 6.07) is 10.1. The van der Waals surface area contributed by atoms with Gasteiger partial charge in [0.15, 0.2) is 0 Å². The lowest BCUT2D eigenvalue weighted by molar-refractivity contribution is 0.134. The summed E-state index contributed by atoms with van der Waals surface area (Å²) in [5.41, 5.74) is 1.87. The molecule has 0 N–H and O–H groups in total. The minimum Gasteiger partial charge on any atom is -0.495 e. The summed E-state index contributed by atoms with van der Waals surface area (Å²) in [4.78, 5) is 33.3. The zero-order valence-corrected chi connectivity index (χ0v) is 38.3. The van der Waals surface area contributed by atoms with Gasteiger partial charge in [-0.3, -0.25) is 15.0 Å². The minimum atomic E-state index is -3.47. The number of halogens is 9. The van der Waals surface area contributed by atoms with Gasteiger partial charge in [0.05, 0.1) is 59.7 Å². The number of rotatable bonds is 24. The van der Waals surface area contributed by atoms with E-state index in [1.807, 2.05) is 0 Å². The second kappa shape index (κ2) is 21.6. The molecule has 18 nitrogen and oxygen atoms in total. The normalized spacial score (nSPS) is 19.6. The smallest absolute Gasteiger partial charge is 0.495 e. The van der Waals surface area contributed by atoms with E-state index in [-0.39, 0.29) is 55.3 Å². The van der Waals surface area contributed by atoms with Crippen LogP contribution in [0, 0.1) is 35.6 Å². The number of ether oxygens (including phenoxy) is 6. The van der Waals surface area contributed by atoms with Crippen molar-refractivity contribution >= 4 is 7.32 Å². The lowest BCUT2D eigenvalue weighted by Gasteiger charge is -2.21. The molecule has 384 valence electrons. The Hall–Kier alpha value is -7.68. The van der Waals surface area contributed by atoms with Crippen molar-refractivity contribution in [3.63, 3.8) is 0 Å². The third-order valence-corrected chi connectivity index (χ3v) is 11.9. The molecule has 6 aromatic heterocycles. The number of aromatic nitrogens is 9. The number of alkyl halides is 6. The molecule has 0 amide bonds. The Bertz CT molecular complexity index is 2590. The predicted octanol–water partition coefficient (Wildman–Crippen LogP) is 8.57. The summed E-state index contributed by atoms with van der Waals surface area (Å²) in [5, 5.41) is 0. The Kier molecular flexibility index (Phi) is 14.9. The fourth-order valence-electron chi connectivity index (χ4n) is 7.64. The van der Waals surface area contributed by atoms with Gasteiger partial charge in [0.1, 0.15) is 17.2 Å². The van der Waals surface area contributed by atoms with E-state index < -0.39 is 96.8 Å². The fourth-order valence-corrected chi connectivity index (χ4v) is 7.64. The molecule has 0 aliphatic heterocycles. The van der Waals surface area contributed by atoms with Crippen LogP contribution in [0.1, 0.15) is 90.8 Å². The highest BCUT2D eigenvalue weighted by atomic mass is 19.3. The zero-order valence-electron chi connectivity index (χ0n) is 38.3. The SMILES string of the molecule is COc1ccc([C@H]2C[C@@H]2COc2nc(C(F)F)nc(F)c2OB(Oc2c(F)nc(C(F)F)nc2OC[C@H]2C[C@@H]2c2ccc(OC)cn2)Oc2c(F)nc(C(F)F)nc2OC[C@H]2C[C@@H]2c2ccc(OC)cn2)nc1. The summed E-state index contributed by atoms with van der Waals surface area (Å²) in [5.74, 6) is -16.5. The Morgan fingerprint density at radius 1 is 0.452 bits per heavy atom. The Morgan fingerprint density at radius 3 is 0.973 bits per heavy atom. The van der Waals surface area contributed by atoms with Crippen LogP contribution in [0.25, 0.3) is 0 Å². The maximum Gasteiger partial charge on any atom is 0.864 e. The van der Waals surface area contributed by atoms with Crippen molar-refractivity contribution < 1.29 is 81.9 Å². The van der Waals surface area contributed by atoms with E-state index >= 15 is 13.2 Å². The lowest BCUT2D eigenvalue weighted by Crippen LogP contribution is -2.39. The van der Waals surface area contributed by atoms with Gasteiger partial charge in [0.25, 0.3) is 54.8 Å². The van der Waals surface area contributed by atoms with Crippen LogP contribution < -0.4 is 42.4 Å². The molecular weight excluding hydrogens is 992 g/mol. The topological polar surface area (TPSA) is 199 Å². The Balaban J connectivity index is 1.04. The summed E-state index contributed by atoms with van der Waals surface area (Å²) in [6.45, 7) is -0.935. The fraction of sp³-hybridized carbons (Fsp3) is 0.400. The largest absolute Gasteiger partial charge is 0.864 e. The molecule has 3 aliphatic carbocycles. The van der Waals surface area contributed by atoms with Gasteiger partial charge in [-0.25, -0.2) is 26.3 Å². The quantitative estimate of drug-likeness (QED) is 0.0317. The molecule has 3 fully saturated rings. The van der Waals surface area contributed by atoms with Gasteiger partial charge in [0, 0.05) is 52.6 Å². The van der Waals surface area contributed by atoms with Crippen LogP contribution in [0.2, 0.25) is 0 Å². The van der Waals surface area contributed by atoms with E-state index in [9.17, 15) is 26.3 Å². The number of hydrogen-bond acceptors (Lipinski definition) is 18. The third-order valence-electron chi connectivity index (χ3n) is 11.9. The average molecular weight is 1030 g/mol. The molecular formula is C45H39BF9N9O9. The van der Waals surface area contributed by atoms with Crippen molar-refractivity contribution in [2.45, 2.75) is 56.3 Å². The Morgan fingerprint density at radius 2 is 0.740 bits per heavy atom. The van der Waals surface area contributed by atoms with Crippen molar-refractivity contribution in [3.05, 3.63) is 107 Å². The molecule has 6 atom stereocenters. The first-order chi connectivity index (χ1) is 35.2. The summed E-state index contributed by atoms with van der Waals surface area (Å²) in [7, 11) is 1.54. The zero-order chi connectivity index (χ0) is 51.5. The van der Waals surface area contributed by atoms with E-state index in [0.717, 1.165) is 0 Å². The van der Waals surface area contributed by atoms with Gasteiger partial charge < -0.3 is 42.4 Å². The monoisotopic (exact) mass is 1030 g/mol. The molecule has 9 rings (SSSR count). The molecule has 0 bridgehead atoms. The molecule has 0 aromatic carbocycles. The molecule has 0 spiro atoms. The third kappa shape index (κ3) is 11.8. The minimum absolute atomic E-state index is 0.206. The first-order valence-electron chi connectivity index (χ1n) is 22.1. The molecule has 28 heteroatoms.